The fourth-order valence-electron chi connectivity index (χ4n) is 2.01. The van der Waals surface area contributed by atoms with Crippen molar-refractivity contribution in [1.82, 2.24) is 0 Å². The molecule has 12 heavy (non-hydrogen) atoms. The number of hydrogen-bond donors (Lipinski definition) is 0. The molecule has 0 aromatic heterocycles. The molecule has 2 fully saturated rings. The molecule has 3 atom stereocenters. The first kappa shape index (κ1) is 7.65. The van der Waals surface area contributed by atoms with Gasteiger partial charge in [-0.2, -0.15) is 4.79 Å². The molecule has 0 spiro atoms. The molecule has 0 aromatic carbocycles. The monoisotopic (exact) mass is 166 g/mol. The Morgan fingerprint density at radius 2 is 2.25 bits per heavy atom. The average Bonchev–Trinajstić information content (AvgIpc) is 2.51. The third-order valence-electron chi connectivity index (χ3n) is 2.77. The smallest absolute Gasteiger partial charge is 0.323 e. The van der Waals surface area contributed by atoms with Gasteiger partial charge in [0.2, 0.25) is 5.78 Å². The van der Waals surface area contributed by atoms with E-state index in [4.69, 9.17) is 10.3 Å². The van der Waals surface area contributed by atoms with Gasteiger partial charge in [-0.1, -0.05) is 0 Å². The van der Waals surface area contributed by atoms with Crippen molar-refractivity contribution in [2.24, 2.45) is 17.8 Å². The number of nitrogens with zero attached hydrogens (tertiary/aromatic N) is 2. The van der Waals surface area contributed by atoms with E-state index in [1.165, 1.54) is 0 Å². The van der Waals surface area contributed by atoms with E-state index in [-0.39, 0.29) is 5.78 Å². The second kappa shape index (κ2) is 2.81. The molecular weight excluding hydrogens is 156 g/mol. The van der Waals surface area contributed by atoms with Gasteiger partial charge in [0.15, 0.2) is 0 Å². The maximum absolute atomic E-state index is 11.0. The molecule has 2 rings (SSSR count). The van der Waals surface area contributed by atoms with Crippen LogP contribution in [0, 0.1) is 17.8 Å². The topological polar surface area (TPSA) is 62.7 Å². The molecule has 64 valence electrons. The maximum atomic E-state index is 11.0. The van der Waals surface area contributed by atoms with Gasteiger partial charge in [0.25, 0.3) is 0 Å². The Morgan fingerprint density at radius 3 is 2.83 bits per heavy atom. The summed E-state index contributed by atoms with van der Waals surface area (Å²) in [6.07, 6.45) is 1.50. The third kappa shape index (κ3) is 1.19. The van der Waals surface area contributed by atoms with Crippen LogP contribution in [0.5, 0.6) is 0 Å². The van der Waals surface area contributed by atoms with Gasteiger partial charge in [-0.25, -0.2) is 0 Å². The van der Waals surface area contributed by atoms with Crippen molar-refractivity contribution in [3.8, 4) is 0 Å². The van der Waals surface area contributed by atoms with Gasteiger partial charge < -0.3 is 10.3 Å². The summed E-state index contributed by atoms with van der Waals surface area (Å²) in [5.41, 5.74) is 8.10. The number of hydrogen-bond acceptors (Lipinski definition) is 2. The number of Topliss-reactive ketones (excluding diaryl/α,β-unsaturated/α-hetero) is 1. The highest BCUT2D eigenvalue weighted by Gasteiger charge is 2.54. The van der Waals surface area contributed by atoms with Gasteiger partial charge in [0.1, 0.15) is 0 Å². The Morgan fingerprint density at radius 1 is 1.58 bits per heavy atom. The Labute approximate surface area is 70.1 Å². The van der Waals surface area contributed by atoms with Crippen LogP contribution in [0.15, 0.2) is 0 Å². The zero-order valence-electron chi connectivity index (χ0n) is 6.64. The number of rotatable bonds is 3. The Bertz CT molecular complexity index is 248. The minimum Gasteiger partial charge on any atom is -0.381 e. The third-order valence-corrected chi connectivity index (χ3v) is 2.77. The standard InChI is InChI=1S/C8H10N2O2/c9-10-2-5(11)1-6-7-3-12-4-8(6)7/h2,6-8H,1,3-4H2/t6-,7+,8-. The van der Waals surface area contributed by atoms with Crippen molar-refractivity contribution in [1.29, 1.82) is 0 Å². The van der Waals surface area contributed by atoms with Gasteiger partial charge in [-0.3, -0.25) is 4.79 Å². The zero-order chi connectivity index (χ0) is 8.55. The lowest BCUT2D eigenvalue weighted by Gasteiger charge is -1.98. The van der Waals surface area contributed by atoms with E-state index in [0.717, 1.165) is 19.4 Å². The number of ketones is 1. The molecule has 1 aliphatic carbocycles. The first-order chi connectivity index (χ1) is 5.83. The lowest BCUT2D eigenvalue weighted by atomic mass is 10.1. The van der Waals surface area contributed by atoms with Crippen LogP contribution >= 0.6 is 0 Å². The molecular formula is C8H10N2O2. The minimum absolute atomic E-state index is 0.0862. The van der Waals surface area contributed by atoms with Gasteiger partial charge in [0.05, 0.1) is 13.2 Å². The van der Waals surface area contributed by atoms with Crippen molar-refractivity contribution in [2.75, 3.05) is 13.2 Å². The Kier molecular flexibility index (Phi) is 1.79. The second-order valence-electron chi connectivity index (χ2n) is 3.44. The fraction of sp³-hybridized carbons (Fsp3) is 0.750. The summed E-state index contributed by atoms with van der Waals surface area (Å²) >= 11 is 0. The SMILES string of the molecule is [N-]=[N+]=CC(=O)C[C@@H]1[C@@H]2COC[C@@H]21. The lowest BCUT2D eigenvalue weighted by molar-refractivity contribution is -0.116. The number of ether oxygens (including phenoxy) is 1. The van der Waals surface area contributed by atoms with E-state index >= 15 is 0 Å². The van der Waals surface area contributed by atoms with Gasteiger partial charge in [0, 0.05) is 6.42 Å². The van der Waals surface area contributed by atoms with Crippen LogP contribution in [0.4, 0.5) is 0 Å². The van der Waals surface area contributed by atoms with Crippen molar-refractivity contribution in [3.05, 3.63) is 5.53 Å². The number of carbonyl (C=O) groups is 1. The van der Waals surface area contributed by atoms with Gasteiger partial charge in [-0.15, -0.1) is 0 Å². The first-order valence-corrected chi connectivity index (χ1v) is 4.11. The summed E-state index contributed by atoms with van der Waals surface area (Å²) in [5, 5.41) is 0. The Hall–Kier alpha value is -0.990. The number of fused-ring (bicyclic) bond motifs is 1. The van der Waals surface area contributed by atoms with Gasteiger partial charge in [-0.05, 0) is 17.8 Å². The molecule has 1 saturated carbocycles. The molecule has 0 aromatic rings. The highest BCUT2D eigenvalue weighted by atomic mass is 16.5. The normalized spacial score (nSPS) is 36.8. The molecule has 0 radical (unpaired) electrons. The molecule has 1 heterocycles. The quantitative estimate of drug-likeness (QED) is 0.340. The van der Waals surface area contributed by atoms with Crippen LogP contribution < -0.4 is 0 Å². The highest BCUT2D eigenvalue weighted by molar-refractivity contribution is 6.25. The molecule has 0 unspecified atom stereocenters. The highest BCUT2D eigenvalue weighted by Crippen LogP contribution is 2.52. The summed E-state index contributed by atoms with van der Waals surface area (Å²) in [5.74, 6) is 1.60. The predicted molar refractivity (Wildman–Crippen MR) is 40.6 cm³/mol. The van der Waals surface area contributed by atoms with Crippen molar-refractivity contribution in [3.63, 3.8) is 0 Å². The predicted octanol–water partition coefficient (Wildman–Crippen LogP) is 0.139. The van der Waals surface area contributed by atoms with Crippen molar-refractivity contribution < 1.29 is 14.3 Å². The van der Waals surface area contributed by atoms with Crippen LogP contribution in [0.1, 0.15) is 6.42 Å². The first-order valence-electron chi connectivity index (χ1n) is 4.11. The summed E-state index contributed by atoms with van der Waals surface area (Å²) in [6.45, 7) is 1.61. The van der Waals surface area contributed by atoms with E-state index in [9.17, 15) is 4.79 Å². The van der Waals surface area contributed by atoms with Gasteiger partial charge >= 0.3 is 6.21 Å². The number of carbonyl (C=O) groups excluding carboxylic acids is 1. The van der Waals surface area contributed by atoms with Crippen LogP contribution in [0.2, 0.25) is 0 Å². The largest absolute Gasteiger partial charge is 0.381 e. The lowest BCUT2D eigenvalue weighted by Crippen LogP contribution is -2.06. The molecule has 4 heteroatoms. The van der Waals surface area contributed by atoms with Crippen LogP contribution in [0.25, 0.3) is 5.53 Å². The molecule has 4 nitrogen and oxygen atoms in total. The molecule has 0 amide bonds. The second-order valence-corrected chi connectivity index (χ2v) is 3.44. The van der Waals surface area contributed by atoms with E-state index in [1.54, 1.807) is 0 Å². The van der Waals surface area contributed by atoms with Crippen LogP contribution in [-0.2, 0) is 9.53 Å². The summed E-state index contributed by atoms with van der Waals surface area (Å²) < 4.78 is 5.18. The maximum Gasteiger partial charge on any atom is 0.323 e. The average molecular weight is 166 g/mol. The molecule has 2 aliphatic rings. The molecule has 1 saturated heterocycles. The van der Waals surface area contributed by atoms with E-state index in [2.05, 4.69) is 4.79 Å². The zero-order valence-corrected chi connectivity index (χ0v) is 6.64. The summed E-state index contributed by atoms with van der Waals surface area (Å²) in [7, 11) is 0. The van der Waals surface area contributed by atoms with Crippen LogP contribution in [0.3, 0.4) is 0 Å². The molecule has 0 bridgehead atoms. The fourth-order valence-corrected chi connectivity index (χ4v) is 2.01. The van der Waals surface area contributed by atoms with Crippen LogP contribution in [-0.4, -0.2) is 30.0 Å². The molecule has 0 N–H and O–H groups in total. The van der Waals surface area contributed by atoms with E-state index < -0.39 is 0 Å². The van der Waals surface area contributed by atoms with E-state index in [0.29, 0.717) is 24.2 Å². The summed E-state index contributed by atoms with van der Waals surface area (Å²) in [6, 6.07) is 0. The minimum atomic E-state index is -0.0862. The van der Waals surface area contributed by atoms with Crippen molar-refractivity contribution >= 4 is 12.0 Å². The van der Waals surface area contributed by atoms with E-state index in [1.807, 2.05) is 0 Å². The Balaban J connectivity index is 1.83. The summed E-state index contributed by atoms with van der Waals surface area (Å²) in [4.78, 5) is 13.7. The van der Waals surface area contributed by atoms with Crippen molar-refractivity contribution in [2.45, 2.75) is 6.42 Å². The molecule has 1 aliphatic heterocycles.